The van der Waals surface area contributed by atoms with Crippen molar-refractivity contribution in [3.05, 3.63) is 63.7 Å². The van der Waals surface area contributed by atoms with Crippen LogP contribution in [0.2, 0.25) is 0 Å². The quantitative estimate of drug-likeness (QED) is 0.288. The van der Waals surface area contributed by atoms with Gasteiger partial charge in [0, 0.05) is 22.4 Å². The van der Waals surface area contributed by atoms with Crippen molar-refractivity contribution in [1.82, 2.24) is 0 Å². The van der Waals surface area contributed by atoms with Gasteiger partial charge in [0.25, 0.3) is 5.91 Å². The number of rotatable bonds is 4. The number of carbonyl (C=O) groups is 1. The van der Waals surface area contributed by atoms with E-state index < -0.39 is 29.5 Å². The Balaban J connectivity index is 2.00. The number of benzene rings is 2. The fourth-order valence-electron chi connectivity index (χ4n) is 4.10. The van der Waals surface area contributed by atoms with Crippen molar-refractivity contribution in [3.63, 3.8) is 0 Å². The molecule has 0 atom stereocenters. The van der Waals surface area contributed by atoms with Crippen LogP contribution in [-0.2, 0) is 18.5 Å². The summed E-state index contributed by atoms with van der Waals surface area (Å²) in [6, 6.07) is 5.61. The van der Waals surface area contributed by atoms with Crippen LogP contribution in [0.15, 0.2) is 35.5 Å². The maximum atomic E-state index is 14.5. The third-order valence-corrected chi connectivity index (χ3v) is 5.87. The molecule has 0 heterocycles. The van der Waals surface area contributed by atoms with Crippen LogP contribution in [0.5, 0.6) is 0 Å². The normalized spacial score (nSPS) is 15.9. The molecule has 0 fully saturated rings. The molecule has 0 radical (unpaired) electrons. The van der Waals surface area contributed by atoms with Crippen molar-refractivity contribution in [3.8, 4) is 0 Å². The smallest absolute Gasteiger partial charge is 0.411 e. The standard InChI is InChI=1S/C23H21F7N2O2/c1-3-13-11-16(21(24,22(25,26)27)23(28,29)30)9-12(2)19(13)31-20(33)15-7-8-17-14(10-15)5-4-6-18(17)32-34/h7-11,34H,3-6H2,1-2H3,(H,31,33)/b32-18-. The van der Waals surface area contributed by atoms with Crippen molar-refractivity contribution < 1.29 is 40.7 Å². The Morgan fingerprint density at radius 3 is 2.24 bits per heavy atom. The van der Waals surface area contributed by atoms with Crippen LogP contribution in [0.25, 0.3) is 0 Å². The van der Waals surface area contributed by atoms with Gasteiger partial charge in [-0.2, -0.15) is 26.3 Å². The van der Waals surface area contributed by atoms with E-state index in [0.717, 1.165) is 5.56 Å². The van der Waals surface area contributed by atoms with E-state index in [2.05, 4.69) is 10.5 Å². The summed E-state index contributed by atoms with van der Waals surface area (Å²) in [5.74, 6) is -0.639. The van der Waals surface area contributed by atoms with Gasteiger partial charge in [0.2, 0.25) is 0 Å². The first kappa shape index (κ1) is 25.5. The molecular formula is C23H21F7N2O2. The average Bonchev–Trinajstić information content (AvgIpc) is 2.77. The fraction of sp³-hybridized carbons (Fsp3) is 0.391. The Kier molecular flexibility index (Phi) is 6.69. The Hall–Kier alpha value is -3.11. The Morgan fingerprint density at radius 1 is 1.03 bits per heavy atom. The molecular weight excluding hydrogens is 469 g/mol. The third kappa shape index (κ3) is 4.35. The van der Waals surface area contributed by atoms with Crippen LogP contribution in [0.3, 0.4) is 0 Å². The highest BCUT2D eigenvalue weighted by Gasteiger charge is 2.73. The van der Waals surface area contributed by atoms with Crippen LogP contribution >= 0.6 is 0 Å². The molecule has 184 valence electrons. The Morgan fingerprint density at radius 2 is 1.68 bits per heavy atom. The van der Waals surface area contributed by atoms with Gasteiger partial charge in [-0.1, -0.05) is 24.2 Å². The number of carbonyl (C=O) groups excluding carboxylic acids is 1. The molecule has 0 spiro atoms. The zero-order valence-electron chi connectivity index (χ0n) is 18.2. The van der Waals surface area contributed by atoms with E-state index in [1.165, 1.54) is 19.9 Å². The van der Waals surface area contributed by atoms with Gasteiger partial charge in [-0.05, 0) is 67.5 Å². The van der Waals surface area contributed by atoms with E-state index in [1.54, 1.807) is 12.1 Å². The molecule has 34 heavy (non-hydrogen) atoms. The van der Waals surface area contributed by atoms with Crippen LogP contribution in [0.1, 0.15) is 57.9 Å². The highest BCUT2D eigenvalue weighted by molar-refractivity contribution is 6.07. The largest absolute Gasteiger partial charge is 0.435 e. The maximum Gasteiger partial charge on any atom is 0.435 e. The summed E-state index contributed by atoms with van der Waals surface area (Å²) in [4.78, 5) is 12.8. The van der Waals surface area contributed by atoms with Crippen LogP contribution < -0.4 is 5.32 Å². The second kappa shape index (κ2) is 8.92. The summed E-state index contributed by atoms with van der Waals surface area (Å²) >= 11 is 0. The molecule has 4 nitrogen and oxygen atoms in total. The summed E-state index contributed by atoms with van der Waals surface area (Å²) < 4.78 is 93.7. The SMILES string of the molecule is CCc1cc(C(F)(C(F)(F)F)C(F)(F)F)cc(C)c1NC(=O)c1ccc2c(c1)CCC/C2=N/O. The number of nitrogens with one attached hydrogen (secondary N) is 1. The summed E-state index contributed by atoms with van der Waals surface area (Å²) in [5.41, 5.74) is -5.21. The zero-order valence-corrected chi connectivity index (χ0v) is 18.2. The lowest BCUT2D eigenvalue weighted by Gasteiger charge is -2.31. The number of nitrogens with zero attached hydrogens (tertiary/aromatic N) is 1. The molecule has 2 N–H and O–H groups in total. The number of hydrogen-bond acceptors (Lipinski definition) is 3. The van der Waals surface area contributed by atoms with E-state index in [1.807, 2.05) is 0 Å². The second-order valence-corrected chi connectivity index (χ2v) is 8.06. The molecule has 1 amide bonds. The molecule has 0 bridgehead atoms. The molecule has 0 saturated carbocycles. The van der Waals surface area contributed by atoms with E-state index in [4.69, 9.17) is 5.21 Å². The van der Waals surface area contributed by atoms with Gasteiger partial charge >= 0.3 is 18.0 Å². The first-order valence-electron chi connectivity index (χ1n) is 10.4. The summed E-state index contributed by atoms with van der Waals surface area (Å²) in [6.45, 7) is 2.66. The van der Waals surface area contributed by atoms with Crippen molar-refractivity contribution in [2.45, 2.75) is 57.6 Å². The van der Waals surface area contributed by atoms with Gasteiger partial charge in [0.05, 0.1) is 5.71 Å². The van der Waals surface area contributed by atoms with Crippen molar-refractivity contribution >= 4 is 17.3 Å². The minimum atomic E-state index is -6.23. The number of oxime groups is 1. The summed E-state index contributed by atoms with van der Waals surface area (Å²) in [5, 5.41) is 14.9. The highest BCUT2D eigenvalue weighted by Crippen LogP contribution is 2.53. The van der Waals surface area contributed by atoms with Crippen molar-refractivity contribution in [2.24, 2.45) is 5.16 Å². The lowest BCUT2D eigenvalue weighted by Crippen LogP contribution is -2.50. The number of halogens is 7. The van der Waals surface area contributed by atoms with Crippen LogP contribution in [0.4, 0.5) is 36.4 Å². The van der Waals surface area contributed by atoms with Gasteiger partial charge in [0.1, 0.15) is 0 Å². The predicted molar refractivity (Wildman–Crippen MR) is 111 cm³/mol. The second-order valence-electron chi connectivity index (χ2n) is 8.06. The number of hydrogen-bond donors (Lipinski definition) is 2. The number of anilines is 1. The summed E-state index contributed by atoms with van der Waals surface area (Å²) in [7, 11) is 0. The number of alkyl halides is 7. The van der Waals surface area contributed by atoms with Gasteiger partial charge in [-0.15, -0.1) is 0 Å². The molecule has 0 unspecified atom stereocenters. The monoisotopic (exact) mass is 490 g/mol. The topological polar surface area (TPSA) is 61.7 Å². The predicted octanol–water partition coefficient (Wildman–Crippen LogP) is 6.61. The van der Waals surface area contributed by atoms with Gasteiger partial charge in [-0.3, -0.25) is 4.79 Å². The van der Waals surface area contributed by atoms with Crippen molar-refractivity contribution in [1.29, 1.82) is 0 Å². The molecule has 2 aromatic carbocycles. The molecule has 0 saturated heterocycles. The summed E-state index contributed by atoms with van der Waals surface area (Å²) in [6.07, 6.45) is -10.6. The average molecular weight is 490 g/mol. The maximum absolute atomic E-state index is 14.5. The number of aryl methyl sites for hydroxylation is 3. The first-order chi connectivity index (χ1) is 15.7. The molecule has 1 aliphatic rings. The number of fused-ring (bicyclic) bond motifs is 1. The third-order valence-electron chi connectivity index (χ3n) is 5.87. The fourth-order valence-corrected chi connectivity index (χ4v) is 4.10. The molecule has 3 rings (SSSR count). The molecule has 0 aliphatic heterocycles. The van der Waals surface area contributed by atoms with E-state index in [0.29, 0.717) is 42.7 Å². The van der Waals surface area contributed by atoms with Gasteiger partial charge in [-0.25, -0.2) is 4.39 Å². The minimum absolute atomic E-state index is 0.0123. The van der Waals surface area contributed by atoms with Crippen LogP contribution in [0, 0.1) is 6.92 Å². The van der Waals surface area contributed by atoms with E-state index in [-0.39, 0.29) is 28.8 Å². The first-order valence-corrected chi connectivity index (χ1v) is 10.4. The number of amides is 1. The van der Waals surface area contributed by atoms with Crippen molar-refractivity contribution in [2.75, 3.05) is 5.32 Å². The van der Waals surface area contributed by atoms with Gasteiger partial charge in [0.15, 0.2) is 0 Å². The highest BCUT2D eigenvalue weighted by atomic mass is 19.4. The Bertz CT molecular complexity index is 1120. The van der Waals surface area contributed by atoms with Gasteiger partial charge < -0.3 is 10.5 Å². The zero-order chi connectivity index (χ0) is 25.5. The molecule has 1 aliphatic carbocycles. The van der Waals surface area contributed by atoms with Crippen LogP contribution in [-0.4, -0.2) is 29.2 Å². The lowest BCUT2D eigenvalue weighted by atomic mass is 9.88. The lowest BCUT2D eigenvalue weighted by molar-refractivity contribution is -0.348. The molecule has 0 aromatic heterocycles. The molecule has 2 aromatic rings. The molecule has 11 heteroatoms. The van der Waals surface area contributed by atoms with E-state index in [9.17, 15) is 35.5 Å². The minimum Gasteiger partial charge on any atom is -0.411 e. The van der Waals surface area contributed by atoms with E-state index >= 15 is 0 Å². The Labute approximate surface area is 190 Å².